The second kappa shape index (κ2) is 7.67. The molecular weight excluding hydrogens is 242 g/mol. The van der Waals surface area contributed by atoms with Crippen molar-refractivity contribution in [1.82, 2.24) is 5.32 Å². The number of carbonyl (C=O) groups excluding carboxylic acids is 1. The first-order chi connectivity index (χ1) is 9.10. The van der Waals surface area contributed by atoms with Crippen molar-refractivity contribution in [2.24, 2.45) is 5.92 Å². The summed E-state index contributed by atoms with van der Waals surface area (Å²) < 4.78 is 10.5. The highest BCUT2D eigenvalue weighted by Crippen LogP contribution is 2.28. The third-order valence-corrected chi connectivity index (χ3v) is 2.99. The van der Waals surface area contributed by atoms with Crippen molar-refractivity contribution >= 4 is 6.41 Å². The summed E-state index contributed by atoms with van der Waals surface area (Å²) in [5, 5.41) is 2.88. The van der Waals surface area contributed by atoms with Gasteiger partial charge in [-0.3, -0.25) is 4.79 Å². The van der Waals surface area contributed by atoms with Gasteiger partial charge in [-0.15, -0.1) is 0 Å². The van der Waals surface area contributed by atoms with Gasteiger partial charge in [-0.1, -0.05) is 19.9 Å². The summed E-state index contributed by atoms with van der Waals surface area (Å²) in [5.74, 6) is 1.97. The van der Waals surface area contributed by atoms with Crippen LogP contribution in [0.25, 0.3) is 0 Å². The zero-order chi connectivity index (χ0) is 14.3. The molecule has 0 saturated carbocycles. The lowest BCUT2D eigenvalue weighted by Crippen LogP contribution is -2.31. The van der Waals surface area contributed by atoms with E-state index in [1.165, 1.54) is 0 Å². The van der Waals surface area contributed by atoms with Crippen LogP contribution in [0.2, 0.25) is 0 Å². The Morgan fingerprint density at radius 1 is 1.21 bits per heavy atom. The highest BCUT2D eigenvalue weighted by molar-refractivity contribution is 5.47. The van der Waals surface area contributed by atoms with Gasteiger partial charge in [0, 0.05) is 6.04 Å². The Kier molecular flexibility index (Phi) is 6.19. The Morgan fingerprint density at radius 3 is 2.42 bits per heavy atom. The van der Waals surface area contributed by atoms with Gasteiger partial charge >= 0.3 is 0 Å². The summed E-state index contributed by atoms with van der Waals surface area (Å²) in [6.07, 6.45) is 2.51. The zero-order valence-corrected chi connectivity index (χ0v) is 12.1. The topological polar surface area (TPSA) is 47.6 Å². The van der Waals surface area contributed by atoms with Crippen LogP contribution in [0.5, 0.6) is 11.5 Å². The minimum atomic E-state index is 0.149. The van der Waals surface area contributed by atoms with Crippen molar-refractivity contribution in [1.29, 1.82) is 0 Å². The van der Waals surface area contributed by atoms with Gasteiger partial charge in [-0.25, -0.2) is 0 Å². The van der Waals surface area contributed by atoms with Gasteiger partial charge in [-0.05, 0) is 36.5 Å². The normalized spacial score (nSPS) is 12.1. The fourth-order valence-corrected chi connectivity index (χ4v) is 2.17. The van der Waals surface area contributed by atoms with Crippen LogP contribution in [0.1, 0.15) is 25.8 Å². The van der Waals surface area contributed by atoms with Crippen LogP contribution < -0.4 is 14.8 Å². The average molecular weight is 265 g/mol. The van der Waals surface area contributed by atoms with E-state index >= 15 is 0 Å². The number of amides is 1. The van der Waals surface area contributed by atoms with E-state index in [2.05, 4.69) is 19.2 Å². The molecule has 0 spiro atoms. The molecule has 0 aromatic heterocycles. The van der Waals surface area contributed by atoms with E-state index in [0.29, 0.717) is 5.92 Å². The summed E-state index contributed by atoms with van der Waals surface area (Å²) in [4.78, 5) is 10.7. The molecule has 1 rings (SSSR count). The van der Waals surface area contributed by atoms with E-state index in [1.807, 2.05) is 18.2 Å². The van der Waals surface area contributed by atoms with E-state index in [1.54, 1.807) is 14.2 Å². The van der Waals surface area contributed by atoms with Crippen molar-refractivity contribution in [3.05, 3.63) is 23.8 Å². The SMILES string of the molecule is COc1ccc(C[C@@H](CC(C)C)NC=O)cc1OC. The van der Waals surface area contributed by atoms with E-state index in [-0.39, 0.29) is 6.04 Å². The highest BCUT2D eigenvalue weighted by Gasteiger charge is 2.12. The van der Waals surface area contributed by atoms with Crippen molar-refractivity contribution in [3.8, 4) is 11.5 Å². The second-order valence-electron chi connectivity index (χ2n) is 5.00. The summed E-state index contributed by atoms with van der Waals surface area (Å²) in [6.45, 7) is 4.29. The average Bonchev–Trinajstić information content (AvgIpc) is 2.38. The van der Waals surface area contributed by atoms with Gasteiger partial charge in [0.2, 0.25) is 6.41 Å². The van der Waals surface area contributed by atoms with E-state index in [0.717, 1.165) is 36.3 Å². The fraction of sp³-hybridized carbons (Fsp3) is 0.533. The molecule has 0 heterocycles. The molecule has 1 atom stereocenters. The van der Waals surface area contributed by atoms with Gasteiger partial charge in [0.1, 0.15) is 0 Å². The molecule has 1 aromatic rings. The third-order valence-electron chi connectivity index (χ3n) is 2.99. The molecule has 0 unspecified atom stereocenters. The second-order valence-corrected chi connectivity index (χ2v) is 5.00. The number of carbonyl (C=O) groups is 1. The molecule has 0 bridgehead atoms. The van der Waals surface area contributed by atoms with Crippen LogP contribution in [0.15, 0.2) is 18.2 Å². The number of hydrogen-bond donors (Lipinski definition) is 1. The van der Waals surface area contributed by atoms with Crippen LogP contribution in [-0.4, -0.2) is 26.7 Å². The summed E-state index contributed by atoms with van der Waals surface area (Å²) in [5.41, 5.74) is 1.12. The Hall–Kier alpha value is -1.71. The minimum absolute atomic E-state index is 0.149. The van der Waals surface area contributed by atoms with Crippen LogP contribution in [0, 0.1) is 5.92 Å². The van der Waals surface area contributed by atoms with Crippen molar-refractivity contribution in [2.75, 3.05) is 14.2 Å². The molecular formula is C15H23NO3. The van der Waals surface area contributed by atoms with E-state index < -0.39 is 0 Å². The van der Waals surface area contributed by atoms with Crippen molar-refractivity contribution in [3.63, 3.8) is 0 Å². The Bertz CT molecular complexity index is 404. The molecule has 0 fully saturated rings. The van der Waals surface area contributed by atoms with Crippen LogP contribution >= 0.6 is 0 Å². The Labute approximate surface area is 115 Å². The number of nitrogens with one attached hydrogen (secondary N) is 1. The molecule has 0 aliphatic rings. The molecule has 0 aliphatic carbocycles. The number of methoxy groups -OCH3 is 2. The van der Waals surface area contributed by atoms with Crippen molar-refractivity contribution < 1.29 is 14.3 Å². The molecule has 1 amide bonds. The maximum Gasteiger partial charge on any atom is 0.207 e. The highest BCUT2D eigenvalue weighted by atomic mass is 16.5. The maximum absolute atomic E-state index is 10.7. The molecule has 4 heteroatoms. The van der Waals surface area contributed by atoms with Gasteiger partial charge in [0.15, 0.2) is 11.5 Å². The smallest absolute Gasteiger partial charge is 0.207 e. The lowest BCUT2D eigenvalue weighted by atomic mass is 9.97. The molecule has 19 heavy (non-hydrogen) atoms. The molecule has 106 valence electrons. The predicted octanol–water partition coefficient (Wildman–Crippen LogP) is 2.41. The van der Waals surface area contributed by atoms with Crippen molar-refractivity contribution in [2.45, 2.75) is 32.7 Å². The molecule has 0 radical (unpaired) electrons. The monoisotopic (exact) mass is 265 g/mol. The number of benzene rings is 1. The molecule has 0 saturated heterocycles. The van der Waals surface area contributed by atoms with Crippen LogP contribution in [0.4, 0.5) is 0 Å². The van der Waals surface area contributed by atoms with Crippen LogP contribution in [-0.2, 0) is 11.2 Å². The first kappa shape index (κ1) is 15.3. The zero-order valence-electron chi connectivity index (χ0n) is 12.1. The first-order valence-electron chi connectivity index (χ1n) is 6.51. The van der Waals surface area contributed by atoms with Gasteiger partial charge in [-0.2, -0.15) is 0 Å². The van der Waals surface area contributed by atoms with Gasteiger partial charge < -0.3 is 14.8 Å². The van der Waals surface area contributed by atoms with Gasteiger partial charge in [0.05, 0.1) is 14.2 Å². The minimum Gasteiger partial charge on any atom is -0.493 e. The van der Waals surface area contributed by atoms with Gasteiger partial charge in [0.25, 0.3) is 0 Å². The Morgan fingerprint density at radius 2 is 1.89 bits per heavy atom. The first-order valence-corrected chi connectivity index (χ1v) is 6.51. The predicted molar refractivity (Wildman–Crippen MR) is 75.7 cm³/mol. The molecule has 1 N–H and O–H groups in total. The summed E-state index contributed by atoms with van der Waals surface area (Å²) >= 11 is 0. The lowest BCUT2D eigenvalue weighted by Gasteiger charge is -2.19. The van der Waals surface area contributed by atoms with E-state index in [9.17, 15) is 4.79 Å². The molecule has 0 aliphatic heterocycles. The van der Waals surface area contributed by atoms with Crippen LogP contribution in [0.3, 0.4) is 0 Å². The lowest BCUT2D eigenvalue weighted by molar-refractivity contribution is -0.110. The third kappa shape index (κ3) is 4.81. The molecule has 4 nitrogen and oxygen atoms in total. The number of rotatable bonds is 8. The number of ether oxygens (including phenoxy) is 2. The summed E-state index contributed by atoms with van der Waals surface area (Å²) in [6, 6.07) is 6.00. The summed E-state index contributed by atoms with van der Waals surface area (Å²) in [7, 11) is 3.24. The fourth-order valence-electron chi connectivity index (χ4n) is 2.17. The molecule has 1 aromatic carbocycles. The largest absolute Gasteiger partial charge is 0.493 e. The van der Waals surface area contributed by atoms with E-state index in [4.69, 9.17) is 9.47 Å². The number of hydrogen-bond acceptors (Lipinski definition) is 3. The standard InChI is InChI=1S/C15H23NO3/c1-11(2)7-13(16-10-17)8-12-5-6-14(18-3)15(9-12)19-4/h5-6,9-11,13H,7-8H2,1-4H3,(H,16,17)/t13-/m1/s1. The maximum atomic E-state index is 10.7. The Balaban J connectivity index is 2.80. The quantitative estimate of drug-likeness (QED) is 0.734.